The molecular formula is C21H14ClN3O4S. The number of esters is 1. The molecule has 0 aliphatic rings. The van der Waals surface area contributed by atoms with Crippen LogP contribution >= 0.6 is 22.9 Å². The largest absolute Gasteiger partial charge is 0.427 e. The summed E-state index contributed by atoms with van der Waals surface area (Å²) in [6, 6.07) is 13.7. The number of hydrogen-bond donors (Lipinski definition) is 0. The fourth-order valence-electron chi connectivity index (χ4n) is 2.80. The van der Waals surface area contributed by atoms with E-state index >= 15 is 0 Å². The third kappa shape index (κ3) is 4.29. The van der Waals surface area contributed by atoms with Crippen molar-refractivity contribution in [2.45, 2.75) is 13.3 Å². The van der Waals surface area contributed by atoms with Crippen LogP contribution in [0.4, 0.5) is 0 Å². The Morgan fingerprint density at radius 2 is 1.83 bits per heavy atom. The van der Waals surface area contributed by atoms with Crippen LogP contribution in [-0.4, -0.2) is 20.6 Å². The minimum absolute atomic E-state index is 0.182. The van der Waals surface area contributed by atoms with Gasteiger partial charge in [-0.1, -0.05) is 47.2 Å². The first kappa shape index (κ1) is 19.9. The average Bonchev–Trinajstić information content (AvgIpc) is 2.99. The van der Waals surface area contributed by atoms with Crippen LogP contribution in [0.15, 0.2) is 58.1 Å². The molecule has 4 rings (SSSR count). The minimum atomic E-state index is -0.469. The number of carbonyl (C=O) groups is 1. The first-order valence-electron chi connectivity index (χ1n) is 8.86. The highest BCUT2D eigenvalue weighted by atomic mass is 35.5. The van der Waals surface area contributed by atoms with Crippen molar-refractivity contribution in [2.24, 2.45) is 0 Å². The van der Waals surface area contributed by atoms with Gasteiger partial charge in [0.05, 0.1) is 4.53 Å². The molecule has 0 aliphatic heterocycles. The topological polar surface area (TPSA) is 90.6 Å². The zero-order valence-electron chi connectivity index (χ0n) is 15.7. The van der Waals surface area contributed by atoms with Crippen LogP contribution in [0.25, 0.3) is 11.0 Å². The molecule has 0 N–H and O–H groups in total. The second kappa shape index (κ2) is 8.17. The molecule has 0 atom stereocenters. The Kier molecular flexibility index (Phi) is 5.43. The van der Waals surface area contributed by atoms with E-state index < -0.39 is 11.5 Å². The highest BCUT2D eigenvalue weighted by Crippen LogP contribution is 2.13. The summed E-state index contributed by atoms with van der Waals surface area (Å²) >= 11 is 6.97. The maximum atomic E-state index is 12.8. The van der Waals surface area contributed by atoms with Gasteiger partial charge in [-0.15, -0.1) is 0 Å². The molecular weight excluding hydrogens is 426 g/mol. The number of aromatic nitrogens is 3. The Balaban J connectivity index is 1.70. The van der Waals surface area contributed by atoms with Crippen molar-refractivity contribution in [1.82, 2.24) is 14.6 Å². The fourth-order valence-corrected chi connectivity index (χ4v) is 3.83. The van der Waals surface area contributed by atoms with Crippen LogP contribution in [0.3, 0.4) is 0 Å². The lowest BCUT2D eigenvalue weighted by Crippen LogP contribution is -2.28. The molecule has 150 valence electrons. The van der Waals surface area contributed by atoms with Gasteiger partial charge in [0.25, 0.3) is 11.1 Å². The minimum Gasteiger partial charge on any atom is -0.427 e. The second-order valence-electron chi connectivity index (χ2n) is 6.44. The van der Waals surface area contributed by atoms with Gasteiger partial charge < -0.3 is 4.74 Å². The summed E-state index contributed by atoms with van der Waals surface area (Å²) in [5.74, 6) is 0.00772. The molecule has 7 nitrogen and oxygen atoms in total. The molecule has 2 aromatic heterocycles. The predicted molar refractivity (Wildman–Crippen MR) is 114 cm³/mol. The van der Waals surface area contributed by atoms with E-state index in [2.05, 4.69) is 10.1 Å². The second-order valence-corrected chi connectivity index (χ2v) is 7.89. The quantitative estimate of drug-likeness (QED) is 0.358. The number of nitrogens with zero attached hydrogens (tertiary/aromatic N) is 3. The van der Waals surface area contributed by atoms with E-state index in [0.29, 0.717) is 15.3 Å². The van der Waals surface area contributed by atoms with Gasteiger partial charge in [-0.2, -0.15) is 14.6 Å². The molecule has 2 aromatic carbocycles. The monoisotopic (exact) mass is 439 g/mol. The summed E-state index contributed by atoms with van der Waals surface area (Å²) in [7, 11) is 0. The predicted octanol–water partition coefficient (Wildman–Crippen LogP) is 2.23. The lowest BCUT2D eigenvalue weighted by Gasteiger charge is -2.00. The number of ether oxygens (including phenoxy) is 1. The van der Waals surface area contributed by atoms with Crippen molar-refractivity contribution in [3.8, 4) is 5.75 Å². The van der Waals surface area contributed by atoms with Crippen LogP contribution < -0.4 is 20.4 Å². The highest BCUT2D eigenvalue weighted by Gasteiger charge is 2.12. The normalized spacial score (nSPS) is 11.7. The number of thiazole rings is 1. The lowest BCUT2D eigenvalue weighted by molar-refractivity contribution is -0.131. The highest BCUT2D eigenvalue weighted by molar-refractivity contribution is 7.15. The third-order valence-corrected chi connectivity index (χ3v) is 5.39. The summed E-state index contributed by atoms with van der Waals surface area (Å²) < 4.78 is 6.53. The van der Waals surface area contributed by atoms with E-state index in [9.17, 15) is 14.4 Å². The van der Waals surface area contributed by atoms with Crippen LogP contribution in [0, 0.1) is 0 Å². The molecule has 0 saturated carbocycles. The lowest BCUT2D eigenvalue weighted by atomic mass is 10.1. The van der Waals surface area contributed by atoms with E-state index in [0.717, 1.165) is 27.0 Å². The fraction of sp³-hybridized carbons (Fsp3) is 0.0952. The number of rotatable bonds is 4. The van der Waals surface area contributed by atoms with Crippen molar-refractivity contribution in [2.75, 3.05) is 0 Å². The average molecular weight is 440 g/mol. The van der Waals surface area contributed by atoms with Gasteiger partial charge >= 0.3 is 5.97 Å². The Morgan fingerprint density at radius 3 is 2.50 bits per heavy atom. The molecule has 0 unspecified atom stereocenters. The smallest absolute Gasteiger partial charge is 0.308 e. The number of halogens is 1. The summed E-state index contributed by atoms with van der Waals surface area (Å²) in [6.07, 6.45) is 1.92. The zero-order chi connectivity index (χ0) is 21.3. The van der Waals surface area contributed by atoms with E-state index in [1.807, 2.05) is 0 Å². The summed E-state index contributed by atoms with van der Waals surface area (Å²) in [5, 5.41) is 4.83. The van der Waals surface area contributed by atoms with Gasteiger partial charge in [-0.3, -0.25) is 14.4 Å². The number of hydrogen-bond acceptors (Lipinski definition) is 7. The molecule has 0 saturated heterocycles. The van der Waals surface area contributed by atoms with Crippen LogP contribution in [-0.2, 0) is 11.2 Å². The molecule has 2 heterocycles. The van der Waals surface area contributed by atoms with E-state index in [4.69, 9.17) is 16.3 Å². The Morgan fingerprint density at radius 1 is 1.13 bits per heavy atom. The van der Waals surface area contributed by atoms with E-state index in [1.54, 1.807) is 54.6 Å². The molecule has 0 aliphatic carbocycles. The summed E-state index contributed by atoms with van der Waals surface area (Å²) in [6.45, 7) is 1.32. The number of benzene rings is 2. The zero-order valence-corrected chi connectivity index (χ0v) is 17.2. The number of fused-ring (bicyclic) bond motifs is 1. The molecule has 0 radical (unpaired) electrons. The standard InChI is InChI=1S/C21H14ClN3O4S/c1-12(26)29-16-8-4-14(5-9-16)11-18-20(28)25-21(30-18)23-19(27)17(24-25)10-13-2-6-15(22)7-3-13/h2-9,11H,10H2,1H3/b18-11-. The van der Waals surface area contributed by atoms with Crippen LogP contribution in [0.2, 0.25) is 5.02 Å². The van der Waals surface area contributed by atoms with Crippen molar-refractivity contribution in [3.05, 3.63) is 95.6 Å². The molecule has 4 aromatic rings. The first-order chi connectivity index (χ1) is 14.4. The van der Waals surface area contributed by atoms with Gasteiger partial charge in [-0.25, -0.2) is 0 Å². The van der Waals surface area contributed by atoms with Gasteiger partial charge in [0, 0.05) is 18.4 Å². The summed E-state index contributed by atoms with van der Waals surface area (Å²) in [4.78, 5) is 40.4. The summed E-state index contributed by atoms with van der Waals surface area (Å²) in [5.41, 5.74) is 0.932. The van der Waals surface area contributed by atoms with Gasteiger partial charge in [0.1, 0.15) is 11.4 Å². The third-order valence-electron chi connectivity index (χ3n) is 4.17. The Bertz CT molecular complexity index is 1410. The van der Waals surface area contributed by atoms with E-state index in [1.165, 1.54) is 6.92 Å². The molecule has 0 fully saturated rings. The van der Waals surface area contributed by atoms with Crippen molar-refractivity contribution < 1.29 is 9.53 Å². The van der Waals surface area contributed by atoms with Crippen molar-refractivity contribution in [3.63, 3.8) is 0 Å². The van der Waals surface area contributed by atoms with E-state index in [-0.39, 0.29) is 22.6 Å². The Hall–Kier alpha value is -3.36. The molecule has 0 amide bonds. The van der Waals surface area contributed by atoms with Crippen molar-refractivity contribution in [1.29, 1.82) is 0 Å². The van der Waals surface area contributed by atoms with Crippen LogP contribution in [0.5, 0.6) is 5.75 Å². The molecule has 0 bridgehead atoms. The van der Waals surface area contributed by atoms with Gasteiger partial charge in [-0.05, 0) is 41.5 Å². The molecule has 30 heavy (non-hydrogen) atoms. The SMILES string of the molecule is CC(=O)Oc1ccc(/C=c2\sc3nc(=O)c(Cc4ccc(Cl)cc4)nn3c2=O)cc1. The molecule has 0 spiro atoms. The first-order valence-corrected chi connectivity index (χ1v) is 10.1. The van der Waals surface area contributed by atoms with Crippen LogP contribution in [0.1, 0.15) is 23.7 Å². The van der Waals surface area contributed by atoms with Crippen molar-refractivity contribution >= 4 is 39.9 Å². The van der Waals surface area contributed by atoms with Gasteiger partial charge in [0.2, 0.25) is 4.96 Å². The maximum absolute atomic E-state index is 12.8. The Labute approximate surface area is 178 Å². The van der Waals surface area contributed by atoms with Gasteiger partial charge in [0.15, 0.2) is 0 Å². The maximum Gasteiger partial charge on any atom is 0.308 e. The number of carbonyl (C=O) groups excluding carboxylic acids is 1. The molecule has 9 heteroatoms.